The molecule has 0 spiro atoms. The average molecular weight is 412 g/mol. The van der Waals surface area contributed by atoms with Gasteiger partial charge >= 0.3 is 12.1 Å². The Hall–Kier alpha value is -3.01. The van der Waals surface area contributed by atoms with E-state index < -0.39 is 12.1 Å². The molecule has 28 heavy (non-hydrogen) atoms. The lowest BCUT2D eigenvalue weighted by molar-refractivity contribution is -0.192. The van der Waals surface area contributed by atoms with E-state index in [0.29, 0.717) is 10.9 Å². The summed E-state index contributed by atoms with van der Waals surface area (Å²) in [5.74, 6) is -1.86. The van der Waals surface area contributed by atoms with Gasteiger partial charge in [0.2, 0.25) is 0 Å². The van der Waals surface area contributed by atoms with Crippen LogP contribution in [0.4, 0.5) is 13.2 Å². The second kappa shape index (κ2) is 8.79. The summed E-state index contributed by atoms with van der Waals surface area (Å²) in [6.07, 6.45) is -1.74. The number of fused-ring (bicyclic) bond motifs is 1. The molecule has 3 rings (SSSR count). The summed E-state index contributed by atoms with van der Waals surface area (Å²) in [6.45, 7) is 0. The van der Waals surface area contributed by atoms with Crippen molar-refractivity contribution in [2.24, 2.45) is 0 Å². The van der Waals surface area contributed by atoms with Crippen molar-refractivity contribution >= 4 is 28.6 Å². The molecule has 0 saturated heterocycles. The first-order valence-corrected chi connectivity index (χ1v) is 9.12. The van der Waals surface area contributed by atoms with Crippen molar-refractivity contribution in [3.05, 3.63) is 58.6 Å². The number of nitrogens with zero attached hydrogens (tertiary/aromatic N) is 1. The van der Waals surface area contributed by atoms with Crippen LogP contribution in [0.3, 0.4) is 0 Å². The average Bonchev–Trinajstić information content (AvgIpc) is 2.63. The molecule has 0 radical (unpaired) electrons. The van der Waals surface area contributed by atoms with Crippen LogP contribution in [0.5, 0.6) is 5.75 Å². The van der Waals surface area contributed by atoms with E-state index >= 15 is 0 Å². The fourth-order valence-corrected chi connectivity index (χ4v) is 2.96. The second-order valence-corrected chi connectivity index (χ2v) is 6.38. The number of aromatic nitrogens is 2. The summed E-state index contributed by atoms with van der Waals surface area (Å²) in [5, 5.41) is 17.7. The Kier molecular flexibility index (Phi) is 6.68. The molecular formula is C18H15F3N2O4S. The zero-order chi connectivity index (χ0) is 20.9. The molecule has 2 aromatic carbocycles. The van der Waals surface area contributed by atoms with E-state index in [1.165, 1.54) is 11.9 Å². The minimum absolute atomic E-state index is 0.0209. The number of nitrogens with one attached hydrogen (secondary N) is 1. The third kappa shape index (κ3) is 5.03. The molecule has 0 amide bonds. The second-order valence-electron chi connectivity index (χ2n) is 5.52. The van der Waals surface area contributed by atoms with Crippen LogP contribution < -0.4 is 5.56 Å². The van der Waals surface area contributed by atoms with Crippen LogP contribution in [0.2, 0.25) is 0 Å². The highest BCUT2D eigenvalue weighted by Crippen LogP contribution is 2.32. The van der Waals surface area contributed by atoms with Crippen molar-refractivity contribution in [2.75, 3.05) is 6.26 Å². The first-order valence-electron chi connectivity index (χ1n) is 7.73. The lowest BCUT2D eigenvalue weighted by Crippen LogP contribution is -2.21. The maximum absolute atomic E-state index is 11.9. The van der Waals surface area contributed by atoms with Crippen molar-refractivity contribution in [2.45, 2.75) is 11.9 Å². The predicted octanol–water partition coefficient (Wildman–Crippen LogP) is 3.79. The number of benzene rings is 2. The van der Waals surface area contributed by atoms with Crippen molar-refractivity contribution in [1.82, 2.24) is 9.97 Å². The molecule has 6 nitrogen and oxygen atoms in total. The first kappa shape index (κ1) is 21.3. The fraction of sp³-hybridized carbons (Fsp3) is 0.167. The molecular weight excluding hydrogens is 397 g/mol. The van der Waals surface area contributed by atoms with Gasteiger partial charge in [-0.3, -0.25) is 4.79 Å². The van der Waals surface area contributed by atoms with Gasteiger partial charge in [-0.2, -0.15) is 24.9 Å². The SMILES string of the molecule is CSCc1ccccc1-c1cc(O)c2nc[nH]c(=O)c2c1.O=C(O)C(F)(F)F. The molecule has 148 valence electrons. The Morgan fingerprint density at radius 2 is 1.89 bits per heavy atom. The molecule has 0 saturated carbocycles. The molecule has 0 fully saturated rings. The van der Waals surface area contributed by atoms with E-state index in [1.807, 2.05) is 24.5 Å². The van der Waals surface area contributed by atoms with E-state index in [4.69, 9.17) is 9.90 Å². The largest absolute Gasteiger partial charge is 0.506 e. The fourth-order valence-electron chi connectivity index (χ4n) is 2.40. The highest BCUT2D eigenvalue weighted by molar-refractivity contribution is 7.97. The number of H-pyrrole nitrogens is 1. The number of thioether (sulfide) groups is 1. The molecule has 10 heteroatoms. The van der Waals surface area contributed by atoms with E-state index in [-0.39, 0.29) is 11.3 Å². The lowest BCUT2D eigenvalue weighted by atomic mass is 9.99. The Morgan fingerprint density at radius 1 is 1.25 bits per heavy atom. The number of carboxylic acid groups (broad SMARTS) is 1. The number of rotatable bonds is 3. The monoisotopic (exact) mass is 412 g/mol. The highest BCUT2D eigenvalue weighted by Gasteiger charge is 2.38. The van der Waals surface area contributed by atoms with Crippen molar-refractivity contribution in [3.8, 4) is 16.9 Å². The number of phenolic OH excluding ortho intramolecular Hbond substituents is 1. The number of aromatic hydroxyl groups is 1. The summed E-state index contributed by atoms with van der Waals surface area (Å²) < 4.78 is 31.7. The minimum Gasteiger partial charge on any atom is -0.506 e. The zero-order valence-corrected chi connectivity index (χ0v) is 15.3. The smallest absolute Gasteiger partial charge is 0.490 e. The minimum atomic E-state index is -5.08. The van der Waals surface area contributed by atoms with Crippen molar-refractivity contribution < 1.29 is 28.2 Å². The van der Waals surface area contributed by atoms with Crippen LogP contribution >= 0.6 is 11.8 Å². The lowest BCUT2D eigenvalue weighted by Gasteiger charge is -2.10. The van der Waals surface area contributed by atoms with Crippen molar-refractivity contribution in [3.63, 3.8) is 0 Å². The quantitative estimate of drug-likeness (QED) is 0.605. The molecule has 0 aliphatic carbocycles. The summed E-state index contributed by atoms with van der Waals surface area (Å²) in [6, 6.07) is 11.4. The summed E-state index contributed by atoms with van der Waals surface area (Å²) >= 11 is 1.73. The van der Waals surface area contributed by atoms with Crippen LogP contribution in [-0.2, 0) is 10.5 Å². The van der Waals surface area contributed by atoms with Gasteiger partial charge in [-0.1, -0.05) is 24.3 Å². The van der Waals surface area contributed by atoms with Crippen LogP contribution in [0.25, 0.3) is 22.0 Å². The maximum atomic E-state index is 11.9. The Bertz CT molecular complexity index is 1050. The molecule has 3 N–H and O–H groups in total. The van der Waals surface area contributed by atoms with Gasteiger partial charge in [0, 0.05) is 5.75 Å². The summed E-state index contributed by atoms with van der Waals surface area (Å²) in [7, 11) is 0. The molecule has 0 unspecified atom stereocenters. The van der Waals surface area contributed by atoms with Gasteiger partial charge in [0.15, 0.2) is 0 Å². The third-order valence-electron chi connectivity index (χ3n) is 3.59. The van der Waals surface area contributed by atoms with E-state index in [0.717, 1.165) is 16.9 Å². The topological polar surface area (TPSA) is 103 Å². The molecule has 3 aromatic rings. The molecule has 0 aliphatic rings. The Morgan fingerprint density at radius 3 is 2.50 bits per heavy atom. The van der Waals surface area contributed by atoms with Crippen molar-refractivity contribution in [1.29, 1.82) is 0 Å². The number of halogens is 3. The van der Waals surface area contributed by atoms with E-state index in [2.05, 4.69) is 16.0 Å². The van der Waals surface area contributed by atoms with Gasteiger partial charge in [0.25, 0.3) is 5.56 Å². The normalized spacial score (nSPS) is 11.0. The summed E-state index contributed by atoms with van der Waals surface area (Å²) in [4.78, 5) is 27.4. The maximum Gasteiger partial charge on any atom is 0.490 e. The molecule has 0 atom stereocenters. The molecule has 0 bridgehead atoms. The number of alkyl halides is 3. The zero-order valence-electron chi connectivity index (χ0n) is 14.4. The van der Waals surface area contributed by atoms with Crippen LogP contribution in [-0.4, -0.2) is 38.6 Å². The van der Waals surface area contributed by atoms with Crippen LogP contribution in [0.1, 0.15) is 5.56 Å². The van der Waals surface area contributed by atoms with E-state index in [1.54, 1.807) is 23.9 Å². The van der Waals surface area contributed by atoms with Gasteiger partial charge in [-0.05, 0) is 35.1 Å². The number of phenols is 1. The van der Waals surface area contributed by atoms with Crippen LogP contribution in [0, 0.1) is 0 Å². The third-order valence-corrected chi connectivity index (χ3v) is 4.19. The van der Waals surface area contributed by atoms with Gasteiger partial charge < -0.3 is 15.2 Å². The highest BCUT2D eigenvalue weighted by atomic mass is 32.2. The number of aromatic amines is 1. The number of hydrogen-bond donors (Lipinski definition) is 3. The van der Waals surface area contributed by atoms with E-state index in [9.17, 15) is 23.1 Å². The number of aliphatic carboxylic acids is 1. The van der Waals surface area contributed by atoms with Gasteiger partial charge in [0.1, 0.15) is 11.3 Å². The summed E-state index contributed by atoms with van der Waals surface area (Å²) in [5.41, 5.74) is 3.09. The van der Waals surface area contributed by atoms with Gasteiger partial charge in [-0.25, -0.2) is 9.78 Å². The number of carbonyl (C=O) groups is 1. The van der Waals surface area contributed by atoms with Gasteiger partial charge in [0.05, 0.1) is 11.7 Å². The van der Waals surface area contributed by atoms with Gasteiger partial charge in [-0.15, -0.1) is 0 Å². The Labute approximate surface area is 161 Å². The molecule has 0 aliphatic heterocycles. The number of hydrogen-bond acceptors (Lipinski definition) is 5. The van der Waals surface area contributed by atoms with Crippen LogP contribution in [0.15, 0.2) is 47.5 Å². The Balaban J connectivity index is 0.000000345. The molecule has 1 heterocycles. The number of carboxylic acids is 1. The molecule has 1 aromatic heterocycles. The first-order chi connectivity index (χ1) is 13.1. The predicted molar refractivity (Wildman–Crippen MR) is 100 cm³/mol. The standard InChI is InChI=1S/C16H14N2O2S.C2HF3O2/c1-21-8-10-4-2-3-5-12(10)11-6-13-15(14(19)7-11)17-9-18-16(13)20;3-2(4,5)1(6)7/h2-7,9,19H,8H2,1H3,(H,17,18,20);(H,6,7).